The number of esters is 1. The number of amides is 1. The van der Waals surface area contributed by atoms with Crippen LogP contribution in [0.5, 0.6) is 0 Å². The van der Waals surface area contributed by atoms with Crippen LogP contribution in [0.2, 0.25) is 0 Å². The van der Waals surface area contributed by atoms with Crippen molar-refractivity contribution >= 4 is 29.1 Å². The molecule has 62 heavy (non-hydrogen) atoms. The summed E-state index contributed by atoms with van der Waals surface area (Å²) in [5.41, 5.74) is -1.71. The first-order valence-corrected chi connectivity index (χ1v) is 21.9. The Labute approximate surface area is 363 Å². The number of carbonyl (C=O) groups is 3. The largest absolute Gasteiger partial charge is 0.459 e. The van der Waals surface area contributed by atoms with Gasteiger partial charge in [0.2, 0.25) is 12.1 Å². The number of cyclic esters (lactones) is 1. The number of nitrogens with zero attached hydrogens (tertiary/aromatic N) is 7. The molecule has 1 amide bonds. The number of likely N-dealkylation sites (N-methyl/N-ethyl adjacent to an activating group) is 1. The molecule has 4 aliphatic heterocycles. The molecule has 3 fully saturated rings. The average molecular weight is 868 g/mol. The van der Waals surface area contributed by atoms with Crippen LogP contribution < -0.4 is 0 Å². The van der Waals surface area contributed by atoms with Gasteiger partial charge in [0.15, 0.2) is 12.1 Å². The Morgan fingerprint density at radius 2 is 1.76 bits per heavy atom. The Morgan fingerprint density at radius 1 is 1.03 bits per heavy atom. The summed E-state index contributed by atoms with van der Waals surface area (Å²) < 4.78 is 34.0. The molecule has 2 N–H and O–H groups in total. The fourth-order valence-electron chi connectivity index (χ4n) is 9.46. The van der Waals surface area contributed by atoms with Gasteiger partial charge in [0.1, 0.15) is 29.4 Å². The molecular formula is C44H65N7O11. The van der Waals surface area contributed by atoms with Gasteiger partial charge in [0.05, 0.1) is 37.1 Å². The number of rotatable bonds is 9. The summed E-state index contributed by atoms with van der Waals surface area (Å²) >= 11 is 0. The lowest BCUT2D eigenvalue weighted by Gasteiger charge is -2.47. The highest BCUT2D eigenvalue weighted by Gasteiger charge is 2.53. The van der Waals surface area contributed by atoms with Crippen molar-refractivity contribution in [1.82, 2.24) is 24.6 Å². The number of Topliss-reactive ketones (excluding diaryl/α,β-unsaturated/α-hetero) is 1. The third kappa shape index (κ3) is 10.3. The zero-order chi connectivity index (χ0) is 45.1. The van der Waals surface area contributed by atoms with Gasteiger partial charge in [-0.1, -0.05) is 32.9 Å². The number of aliphatic hydroxyl groups is 2. The molecule has 0 saturated carbocycles. The maximum atomic E-state index is 14.5. The second-order valence-electron chi connectivity index (χ2n) is 18.2. The smallest absolute Gasteiger partial charge is 0.316 e. The molecule has 6 rings (SSSR count). The third-order valence-electron chi connectivity index (χ3n) is 13.0. The summed E-state index contributed by atoms with van der Waals surface area (Å²) in [4.78, 5) is 64.4. The Bertz CT molecular complexity index is 1920. The predicted octanol–water partition coefficient (Wildman–Crippen LogP) is 3.28. The van der Waals surface area contributed by atoms with Gasteiger partial charge in [-0.15, -0.1) is 0 Å². The number of ether oxygens (including phenoxy) is 5. The van der Waals surface area contributed by atoms with Crippen molar-refractivity contribution in [2.75, 3.05) is 27.3 Å². The number of carbonyl (C=O) groups excluding carboxylic acids is 3. The number of hydrogen-bond donors (Lipinski definition) is 2. The normalized spacial score (nSPS) is 38.6. The number of hydrogen-bond acceptors (Lipinski definition) is 16. The zero-order valence-corrected chi connectivity index (χ0v) is 37.7. The molecule has 4 aliphatic rings. The molecule has 18 nitrogen and oxygen atoms in total. The summed E-state index contributed by atoms with van der Waals surface area (Å²) in [7, 11) is 3.74. The first kappa shape index (κ1) is 47.4. The third-order valence-corrected chi connectivity index (χ3v) is 13.0. The van der Waals surface area contributed by atoms with Gasteiger partial charge in [-0.3, -0.25) is 14.4 Å². The van der Waals surface area contributed by atoms with Crippen LogP contribution >= 0.6 is 0 Å². The van der Waals surface area contributed by atoms with E-state index in [9.17, 15) is 24.6 Å². The van der Waals surface area contributed by atoms with Crippen LogP contribution in [0.25, 0.3) is 5.95 Å². The highest BCUT2D eigenvalue weighted by Crippen LogP contribution is 2.40. The van der Waals surface area contributed by atoms with Gasteiger partial charge in [-0.05, 0) is 97.9 Å². The summed E-state index contributed by atoms with van der Waals surface area (Å²) in [5.74, 6) is -4.98. The van der Waals surface area contributed by atoms with Crippen LogP contribution in [0.15, 0.2) is 41.0 Å². The van der Waals surface area contributed by atoms with E-state index in [0.29, 0.717) is 30.9 Å². The minimum Gasteiger partial charge on any atom is -0.459 e. The van der Waals surface area contributed by atoms with Crippen molar-refractivity contribution in [3.8, 4) is 5.95 Å². The Kier molecular flexibility index (Phi) is 15.1. The highest BCUT2D eigenvalue weighted by atomic mass is 16.7. The molecule has 2 aromatic rings. The number of aliphatic hydroxyl groups excluding tert-OH is 1. The van der Waals surface area contributed by atoms with Crippen molar-refractivity contribution in [2.24, 2.45) is 33.8 Å². The van der Waals surface area contributed by atoms with Crippen LogP contribution in [0.4, 0.5) is 0 Å². The monoisotopic (exact) mass is 867 g/mol. The molecule has 0 aliphatic carbocycles. The maximum absolute atomic E-state index is 14.5. The summed E-state index contributed by atoms with van der Waals surface area (Å²) in [5, 5.41) is 32.7. The standard InChI is InChI=1S/C44H65N7O11/c1-11-33-44(8,56)38-26(4)34-24(2)19-43(7,37(27(5)35(52)28(6)40(55)60-33)61-41-36(53)31(50(9)10)18-25(3)59-41)58-23-30(22-57-38)49-62-32(39(54)48-34)15-12-14-29-20-45-42(46-21-29)51-17-13-16-47-51/h13,16-17,20-21,24-28,31-33,36-38,41,53,56H,11-12,14-15,18-19,22-23H2,1-10H3/b48-34?,49-30-/t24-,25-,26+,27+,28-,31+,32?,33-,36-,37-,38-,41+,43-,44-/m1/s1. The van der Waals surface area contributed by atoms with Gasteiger partial charge < -0.3 is 43.6 Å². The van der Waals surface area contributed by atoms with Crippen LogP contribution in [-0.4, -0.2) is 151 Å². The molecule has 18 heteroatoms. The van der Waals surface area contributed by atoms with Gasteiger partial charge in [-0.25, -0.2) is 19.6 Å². The molecule has 14 atom stereocenters. The topological polar surface area (TPSA) is 219 Å². The minimum atomic E-state index is -1.84. The first-order valence-electron chi connectivity index (χ1n) is 21.9. The van der Waals surface area contributed by atoms with Crippen molar-refractivity contribution in [1.29, 1.82) is 0 Å². The molecule has 3 saturated heterocycles. The van der Waals surface area contributed by atoms with E-state index < -0.39 is 89.3 Å². The second kappa shape index (κ2) is 19.8. The van der Waals surface area contributed by atoms with Gasteiger partial charge in [0.25, 0.3) is 5.91 Å². The molecule has 6 heterocycles. The maximum Gasteiger partial charge on any atom is 0.316 e. The van der Waals surface area contributed by atoms with E-state index in [1.54, 1.807) is 56.3 Å². The number of fused-ring (bicyclic) bond motifs is 4. The quantitative estimate of drug-likeness (QED) is 0.273. The van der Waals surface area contributed by atoms with Crippen molar-refractivity contribution < 1.29 is 53.1 Å². The van der Waals surface area contributed by atoms with E-state index in [2.05, 4.69) is 20.2 Å². The Balaban J connectivity index is 1.41. The van der Waals surface area contributed by atoms with Gasteiger partial charge >= 0.3 is 5.97 Å². The Morgan fingerprint density at radius 3 is 2.42 bits per heavy atom. The summed E-state index contributed by atoms with van der Waals surface area (Å²) in [6.45, 7) is 13.5. The lowest BCUT2D eigenvalue weighted by Crippen LogP contribution is -2.60. The van der Waals surface area contributed by atoms with Crippen LogP contribution in [-0.2, 0) is 49.3 Å². The predicted molar refractivity (Wildman–Crippen MR) is 225 cm³/mol. The van der Waals surface area contributed by atoms with E-state index in [0.717, 1.165) is 5.56 Å². The summed E-state index contributed by atoms with van der Waals surface area (Å²) in [6.07, 6.45) is 2.08. The van der Waals surface area contributed by atoms with Crippen LogP contribution in [0.3, 0.4) is 0 Å². The summed E-state index contributed by atoms with van der Waals surface area (Å²) in [6, 6.07) is 1.47. The van der Waals surface area contributed by atoms with Crippen LogP contribution in [0.1, 0.15) is 93.1 Å². The molecule has 1 unspecified atom stereocenters. The molecule has 0 radical (unpaired) electrons. The fraction of sp³-hybridized carbons (Fsp3) is 0.727. The van der Waals surface area contributed by atoms with E-state index in [1.807, 2.05) is 39.8 Å². The molecule has 342 valence electrons. The van der Waals surface area contributed by atoms with Gasteiger partial charge in [-0.2, -0.15) is 5.10 Å². The minimum absolute atomic E-state index is 0.152. The molecule has 4 bridgehead atoms. The molecule has 0 aromatic carbocycles. The molecular weight excluding hydrogens is 803 g/mol. The zero-order valence-electron chi connectivity index (χ0n) is 37.7. The van der Waals surface area contributed by atoms with Gasteiger partial charge in [0, 0.05) is 48.4 Å². The lowest BCUT2D eigenvalue weighted by molar-refractivity contribution is -0.296. The van der Waals surface area contributed by atoms with Crippen molar-refractivity contribution in [3.05, 3.63) is 36.4 Å². The van der Waals surface area contributed by atoms with E-state index in [-0.39, 0.29) is 50.3 Å². The van der Waals surface area contributed by atoms with E-state index >= 15 is 0 Å². The highest BCUT2D eigenvalue weighted by molar-refractivity contribution is 6.01. The average Bonchev–Trinajstić information content (AvgIpc) is 3.77. The van der Waals surface area contributed by atoms with Crippen molar-refractivity contribution in [3.63, 3.8) is 0 Å². The van der Waals surface area contributed by atoms with Crippen molar-refractivity contribution in [2.45, 2.75) is 154 Å². The Hall–Kier alpha value is -4.04. The van der Waals surface area contributed by atoms with E-state index in [4.69, 9.17) is 33.5 Å². The van der Waals surface area contributed by atoms with Crippen LogP contribution in [0, 0.1) is 23.7 Å². The fourth-order valence-corrected chi connectivity index (χ4v) is 9.46. The lowest BCUT2D eigenvalue weighted by atomic mass is 9.73. The SMILES string of the molecule is CC[C@H]1OC(=O)[C@H](C)C(=O)[C@H](C)[C@@H](O[C@@H]2O[C@H](C)C[C@H](N(C)C)[C@H]2O)[C@@]2(C)C[C@@H](C)C3=NC(=O)C(CCCc4cnc(-n5cccn5)nc4)O/N=C(/CO[C@H]([C@H]3C)[C@]1(C)O)CO2. The first-order chi connectivity index (χ1) is 29.3. The molecule has 0 spiro atoms. The second-order valence-corrected chi connectivity index (χ2v) is 18.2. The number of oxime groups is 1. The molecule has 2 aromatic heterocycles. The number of aliphatic imine (C=N–C) groups is 1. The number of aromatic nitrogens is 4. The number of aryl methyl sites for hydroxylation is 1. The van der Waals surface area contributed by atoms with E-state index in [1.165, 1.54) is 13.8 Å². The number of ketones is 1.